The van der Waals surface area contributed by atoms with Crippen LogP contribution in [0.5, 0.6) is 0 Å². The second kappa shape index (κ2) is 61.4. The van der Waals surface area contributed by atoms with Crippen LogP contribution in [0.1, 0.15) is 316 Å². The Morgan fingerprint density at radius 2 is 0.493 bits per heavy atom. The van der Waals surface area contributed by atoms with E-state index in [0.717, 1.165) is 89.9 Å². The number of carbonyl (C=O) groups is 3. The van der Waals surface area contributed by atoms with Crippen molar-refractivity contribution in [3.8, 4) is 0 Å². The Morgan fingerprint density at radius 1 is 0.274 bits per heavy atom. The Morgan fingerprint density at radius 3 is 0.808 bits per heavy atom. The van der Waals surface area contributed by atoms with E-state index in [2.05, 4.69) is 93.7 Å². The highest BCUT2D eigenvalue weighted by Gasteiger charge is 2.19. The molecule has 0 aromatic carbocycles. The van der Waals surface area contributed by atoms with Crippen LogP contribution in [0.15, 0.2) is 72.9 Å². The molecule has 0 aliphatic rings. The van der Waals surface area contributed by atoms with Crippen LogP contribution in [-0.2, 0) is 28.6 Å². The van der Waals surface area contributed by atoms with E-state index in [1.807, 2.05) is 0 Å². The number of esters is 3. The fourth-order valence-electron chi connectivity index (χ4n) is 8.93. The van der Waals surface area contributed by atoms with Crippen LogP contribution >= 0.6 is 0 Å². The number of allylic oxidation sites excluding steroid dienone is 12. The quantitative estimate of drug-likeness (QED) is 0.0261. The first kappa shape index (κ1) is 69.8. The summed E-state index contributed by atoms with van der Waals surface area (Å²) in [4.78, 5) is 38.3. The van der Waals surface area contributed by atoms with Gasteiger partial charge in [-0.25, -0.2) is 0 Å². The van der Waals surface area contributed by atoms with E-state index in [1.54, 1.807) is 0 Å². The number of carbonyl (C=O) groups excluding carboxylic acids is 3. The molecule has 0 bridgehead atoms. The lowest BCUT2D eigenvalue weighted by Gasteiger charge is -2.18. The molecule has 6 heteroatoms. The maximum Gasteiger partial charge on any atom is 0.306 e. The fraction of sp³-hybridized carbons (Fsp3) is 0.776. The molecule has 6 nitrogen and oxygen atoms in total. The maximum absolute atomic E-state index is 12.9. The van der Waals surface area contributed by atoms with Crippen LogP contribution in [0, 0.1) is 0 Å². The zero-order valence-electron chi connectivity index (χ0n) is 48.4. The lowest BCUT2D eigenvalue weighted by atomic mass is 10.0. The Hall–Kier alpha value is -3.15. The maximum atomic E-state index is 12.9. The lowest BCUT2D eigenvalue weighted by Crippen LogP contribution is -2.30. The second-order valence-corrected chi connectivity index (χ2v) is 21.0. The predicted octanol–water partition coefficient (Wildman–Crippen LogP) is 21.3. The van der Waals surface area contributed by atoms with E-state index < -0.39 is 6.10 Å². The molecule has 0 aromatic rings. The van der Waals surface area contributed by atoms with Gasteiger partial charge >= 0.3 is 17.9 Å². The summed E-state index contributed by atoms with van der Waals surface area (Å²) in [6.07, 6.45) is 78.9. The van der Waals surface area contributed by atoms with Gasteiger partial charge in [0.2, 0.25) is 0 Å². The SMILES string of the molecule is CCCCC/C=C\C/C=C\C/C=C\C/C=C\CCCCCC(=O)O[C@H](COC(=O)CCCCCCCCCCC/C=C\C/C=C\CCCCC)COC(=O)CCCCCCCCCCCCCCCCCCC. The molecule has 0 rings (SSSR count). The monoisotopic (exact) mass is 1020 g/mol. The molecular weight excluding hydrogens is 901 g/mol. The molecule has 1 atom stereocenters. The Balaban J connectivity index is 4.43. The minimum Gasteiger partial charge on any atom is -0.462 e. The van der Waals surface area contributed by atoms with Crippen LogP contribution in [0.4, 0.5) is 0 Å². The zero-order chi connectivity index (χ0) is 52.9. The van der Waals surface area contributed by atoms with E-state index in [0.29, 0.717) is 19.3 Å². The van der Waals surface area contributed by atoms with Gasteiger partial charge in [-0.15, -0.1) is 0 Å². The van der Waals surface area contributed by atoms with Crippen molar-refractivity contribution < 1.29 is 28.6 Å². The van der Waals surface area contributed by atoms with Gasteiger partial charge in [0.15, 0.2) is 6.10 Å². The number of hydrogen-bond donors (Lipinski definition) is 0. The van der Waals surface area contributed by atoms with Crippen molar-refractivity contribution >= 4 is 17.9 Å². The van der Waals surface area contributed by atoms with E-state index >= 15 is 0 Å². The average molecular weight is 1020 g/mol. The highest BCUT2D eigenvalue weighted by molar-refractivity contribution is 5.71. The molecule has 0 radical (unpaired) electrons. The summed E-state index contributed by atoms with van der Waals surface area (Å²) in [6, 6.07) is 0. The van der Waals surface area contributed by atoms with Gasteiger partial charge in [0, 0.05) is 19.3 Å². The van der Waals surface area contributed by atoms with Crippen molar-refractivity contribution in [1.29, 1.82) is 0 Å². The van der Waals surface area contributed by atoms with Gasteiger partial charge in [-0.05, 0) is 96.3 Å². The molecule has 0 unspecified atom stereocenters. The molecule has 0 amide bonds. The molecular formula is C67H118O6. The van der Waals surface area contributed by atoms with Crippen molar-refractivity contribution in [2.75, 3.05) is 13.2 Å². The van der Waals surface area contributed by atoms with Gasteiger partial charge in [0.1, 0.15) is 13.2 Å². The van der Waals surface area contributed by atoms with Gasteiger partial charge in [-0.3, -0.25) is 14.4 Å². The van der Waals surface area contributed by atoms with E-state index in [4.69, 9.17) is 14.2 Å². The van der Waals surface area contributed by atoms with E-state index in [9.17, 15) is 14.4 Å². The molecule has 0 aliphatic carbocycles. The minimum atomic E-state index is -0.794. The van der Waals surface area contributed by atoms with Crippen LogP contribution < -0.4 is 0 Å². The Kier molecular flexibility index (Phi) is 58.7. The predicted molar refractivity (Wildman–Crippen MR) is 316 cm³/mol. The number of unbranched alkanes of at least 4 members (excludes halogenated alkanes) is 34. The first-order valence-electron chi connectivity index (χ1n) is 31.4. The van der Waals surface area contributed by atoms with Gasteiger partial charge in [-0.1, -0.05) is 273 Å². The summed E-state index contributed by atoms with van der Waals surface area (Å²) in [5.74, 6) is -0.907. The topological polar surface area (TPSA) is 78.9 Å². The summed E-state index contributed by atoms with van der Waals surface area (Å²) in [5.41, 5.74) is 0. The smallest absolute Gasteiger partial charge is 0.306 e. The lowest BCUT2D eigenvalue weighted by molar-refractivity contribution is -0.167. The first-order chi connectivity index (χ1) is 36.0. The van der Waals surface area contributed by atoms with Gasteiger partial charge < -0.3 is 14.2 Å². The van der Waals surface area contributed by atoms with Crippen molar-refractivity contribution in [2.45, 2.75) is 322 Å². The number of rotatable bonds is 57. The van der Waals surface area contributed by atoms with Crippen LogP contribution in [0.3, 0.4) is 0 Å². The standard InChI is InChI=1S/C67H118O6/c1-4-7-10-13-16-19-22-25-28-31-33-36-39-42-45-48-51-54-57-60-66(69)72-63-64(62-71-65(68)59-56-53-50-47-44-41-38-35-30-27-24-21-18-15-12-9-6-3)73-67(70)61-58-55-52-49-46-43-40-37-34-32-29-26-23-20-17-14-11-8-5-2/h16-17,19-20,25-26,28-29,34,37,43,46,64H,4-15,18,21-24,27,30-33,35-36,38-42,44-45,47-63H2,1-3H3/b19-16-,20-17-,28-25-,29-26-,37-34-,46-43-/t64-/m0/s1. The van der Waals surface area contributed by atoms with E-state index in [-0.39, 0.29) is 31.1 Å². The summed E-state index contributed by atoms with van der Waals surface area (Å²) in [5, 5.41) is 0. The van der Waals surface area contributed by atoms with Gasteiger partial charge in [0.25, 0.3) is 0 Å². The molecule has 0 N–H and O–H groups in total. The molecule has 0 fully saturated rings. The number of ether oxygens (including phenoxy) is 3. The zero-order valence-corrected chi connectivity index (χ0v) is 48.4. The van der Waals surface area contributed by atoms with Crippen molar-refractivity contribution in [3.63, 3.8) is 0 Å². The summed E-state index contributed by atoms with van der Waals surface area (Å²) >= 11 is 0. The summed E-state index contributed by atoms with van der Waals surface area (Å²) in [6.45, 7) is 6.60. The highest BCUT2D eigenvalue weighted by Crippen LogP contribution is 2.16. The summed E-state index contributed by atoms with van der Waals surface area (Å²) in [7, 11) is 0. The first-order valence-corrected chi connectivity index (χ1v) is 31.4. The second-order valence-electron chi connectivity index (χ2n) is 21.0. The third-order valence-electron chi connectivity index (χ3n) is 13.7. The third-order valence-corrected chi connectivity index (χ3v) is 13.7. The largest absolute Gasteiger partial charge is 0.462 e. The Bertz CT molecular complexity index is 1360. The fourth-order valence-corrected chi connectivity index (χ4v) is 8.93. The van der Waals surface area contributed by atoms with Crippen LogP contribution in [0.2, 0.25) is 0 Å². The van der Waals surface area contributed by atoms with E-state index in [1.165, 1.54) is 186 Å². The summed E-state index contributed by atoms with van der Waals surface area (Å²) < 4.78 is 16.9. The molecule has 0 aliphatic heterocycles. The molecule has 0 heterocycles. The van der Waals surface area contributed by atoms with Crippen molar-refractivity contribution in [2.24, 2.45) is 0 Å². The number of hydrogen-bond acceptors (Lipinski definition) is 6. The van der Waals surface area contributed by atoms with Crippen LogP contribution in [0.25, 0.3) is 0 Å². The third kappa shape index (κ3) is 59.6. The molecule has 0 aromatic heterocycles. The molecule has 422 valence electrons. The highest BCUT2D eigenvalue weighted by atomic mass is 16.6. The molecule has 0 saturated heterocycles. The molecule has 73 heavy (non-hydrogen) atoms. The van der Waals surface area contributed by atoms with Gasteiger partial charge in [0.05, 0.1) is 0 Å². The normalized spacial score (nSPS) is 12.5. The minimum absolute atomic E-state index is 0.0869. The Labute approximate surface area is 453 Å². The van der Waals surface area contributed by atoms with Gasteiger partial charge in [-0.2, -0.15) is 0 Å². The van der Waals surface area contributed by atoms with Crippen LogP contribution in [-0.4, -0.2) is 37.2 Å². The van der Waals surface area contributed by atoms with Crippen molar-refractivity contribution in [1.82, 2.24) is 0 Å². The van der Waals surface area contributed by atoms with Crippen molar-refractivity contribution in [3.05, 3.63) is 72.9 Å². The molecule has 0 spiro atoms. The molecule has 0 saturated carbocycles. The average Bonchev–Trinajstić information content (AvgIpc) is 3.39.